The number of amides is 1. The maximum absolute atomic E-state index is 12.6. The van der Waals surface area contributed by atoms with E-state index in [-0.39, 0.29) is 5.91 Å². The zero-order valence-corrected chi connectivity index (χ0v) is 14.6. The molecule has 1 aromatic heterocycles. The fraction of sp³-hybridized carbons (Fsp3) is 0.286. The third kappa shape index (κ3) is 3.52. The van der Waals surface area contributed by atoms with Crippen LogP contribution in [-0.2, 0) is 0 Å². The highest BCUT2D eigenvalue weighted by molar-refractivity contribution is 6.06. The van der Waals surface area contributed by atoms with Gasteiger partial charge in [0.15, 0.2) is 0 Å². The number of anilines is 1. The molecule has 1 saturated heterocycles. The van der Waals surface area contributed by atoms with Gasteiger partial charge in [0, 0.05) is 37.6 Å². The zero-order chi connectivity index (χ0) is 17.8. The molecule has 0 unspecified atom stereocenters. The summed E-state index contributed by atoms with van der Waals surface area (Å²) in [6.45, 7) is 2.57. The molecule has 3 aromatic rings. The van der Waals surface area contributed by atoms with Crippen molar-refractivity contribution in [2.24, 2.45) is 5.92 Å². The summed E-state index contributed by atoms with van der Waals surface area (Å²) in [6, 6.07) is 15.7. The molecule has 5 heteroatoms. The third-order valence-electron chi connectivity index (χ3n) is 5.04. The smallest absolute Gasteiger partial charge is 0.251 e. The second-order valence-electron chi connectivity index (χ2n) is 6.72. The first-order valence-corrected chi connectivity index (χ1v) is 9.09. The van der Waals surface area contributed by atoms with Crippen LogP contribution in [0.3, 0.4) is 0 Å². The number of hydrogen-bond acceptors (Lipinski definition) is 4. The molecule has 0 aliphatic carbocycles. The SMILES string of the molecule is O=C(NCC1CCN(c2ncccn2)CC1)c1cccc2ccccc12. The van der Waals surface area contributed by atoms with E-state index in [2.05, 4.69) is 20.2 Å². The second kappa shape index (κ2) is 7.52. The highest BCUT2D eigenvalue weighted by atomic mass is 16.1. The lowest BCUT2D eigenvalue weighted by molar-refractivity contribution is 0.0946. The molecule has 1 amide bonds. The summed E-state index contributed by atoms with van der Waals surface area (Å²) in [5.74, 6) is 1.30. The lowest BCUT2D eigenvalue weighted by atomic mass is 9.96. The molecule has 0 atom stereocenters. The summed E-state index contributed by atoms with van der Waals surface area (Å²) in [6.07, 6.45) is 5.62. The van der Waals surface area contributed by atoms with E-state index in [0.29, 0.717) is 12.5 Å². The van der Waals surface area contributed by atoms with E-state index in [4.69, 9.17) is 0 Å². The predicted molar refractivity (Wildman–Crippen MR) is 103 cm³/mol. The molecule has 5 nitrogen and oxygen atoms in total. The number of aromatic nitrogens is 2. The van der Waals surface area contributed by atoms with Crippen molar-refractivity contribution >= 4 is 22.6 Å². The summed E-state index contributed by atoms with van der Waals surface area (Å²) in [5.41, 5.74) is 0.748. The van der Waals surface area contributed by atoms with Crippen LogP contribution in [0.2, 0.25) is 0 Å². The number of nitrogens with zero attached hydrogens (tertiary/aromatic N) is 3. The van der Waals surface area contributed by atoms with Crippen molar-refractivity contribution in [3.8, 4) is 0 Å². The molecule has 2 aromatic carbocycles. The van der Waals surface area contributed by atoms with Crippen molar-refractivity contribution < 1.29 is 4.79 Å². The van der Waals surface area contributed by atoms with Gasteiger partial charge in [-0.1, -0.05) is 36.4 Å². The number of hydrogen-bond donors (Lipinski definition) is 1. The molecule has 1 fully saturated rings. The van der Waals surface area contributed by atoms with Crippen LogP contribution < -0.4 is 10.2 Å². The molecule has 1 aliphatic heterocycles. The first-order chi connectivity index (χ1) is 12.8. The van der Waals surface area contributed by atoms with E-state index >= 15 is 0 Å². The highest BCUT2D eigenvalue weighted by Gasteiger charge is 2.21. The first-order valence-electron chi connectivity index (χ1n) is 9.09. The Morgan fingerprint density at radius 1 is 1.00 bits per heavy atom. The van der Waals surface area contributed by atoms with Crippen LogP contribution in [0.4, 0.5) is 5.95 Å². The Kier molecular flexibility index (Phi) is 4.78. The molecule has 0 saturated carbocycles. The predicted octanol–water partition coefficient (Wildman–Crippen LogP) is 3.28. The molecular weight excluding hydrogens is 324 g/mol. The van der Waals surface area contributed by atoms with Gasteiger partial charge in [-0.25, -0.2) is 9.97 Å². The van der Waals surface area contributed by atoms with Gasteiger partial charge in [0.05, 0.1) is 0 Å². The van der Waals surface area contributed by atoms with Crippen LogP contribution in [-0.4, -0.2) is 35.5 Å². The standard InChI is InChI=1S/C21H22N4O/c26-20(19-8-3-6-17-5-1-2-7-18(17)19)24-15-16-9-13-25(14-10-16)21-22-11-4-12-23-21/h1-8,11-12,16H,9-10,13-15H2,(H,24,26). The molecule has 1 aliphatic rings. The molecule has 132 valence electrons. The first kappa shape index (κ1) is 16.5. The Hall–Kier alpha value is -2.95. The van der Waals surface area contributed by atoms with Crippen molar-refractivity contribution in [3.63, 3.8) is 0 Å². The Balaban J connectivity index is 1.34. The molecule has 0 bridgehead atoms. The number of carbonyl (C=O) groups excluding carboxylic acids is 1. The van der Waals surface area contributed by atoms with E-state index in [0.717, 1.165) is 48.2 Å². The number of benzene rings is 2. The van der Waals surface area contributed by atoms with Gasteiger partial charge in [-0.2, -0.15) is 0 Å². The maximum atomic E-state index is 12.6. The fourth-order valence-corrected chi connectivity index (χ4v) is 3.55. The van der Waals surface area contributed by atoms with Crippen LogP contribution in [0.25, 0.3) is 10.8 Å². The van der Waals surface area contributed by atoms with Crippen molar-refractivity contribution in [1.29, 1.82) is 0 Å². The summed E-state index contributed by atoms with van der Waals surface area (Å²) in [7, 11) is 0. The second-order valence-corrected chi connectivity index (χ2v) is 6.72. The van der Waals surface area contributed by atoms with Crippen LogP contribution in [0.5, 0.6) is 0 Å². The summed E-state index contributed by atoms with van der Waals surface area (Å²) in [5, 5.41) is 5.22. The largest absolute Gasteiger partial charge is 0.352 e. The molecule has 4 rings (SSSR count). The van der Waals surface area contributed by atoms with Gasteiger partial charge in [-0.05, 0) is 41.7 Å². The number of carbonyl (C=O) groups is 1. The average Bonchev–Trinajstić information content (AvgIpc) is 2.72. The Bertz CT molecular complexity index is 883. The number of nitrogens with one attached hydrogen (secondary N) is 1. The molecular formula is C21H22N4O. The van der Waals surface area contributed by atoms with Gasteiger partial charge in [0.25, 0.3) is 5.91 Å². The quantitative estimate of drug-likeness (QED) is 0.788. The van der Waals surface area contributed by atoms with Crippen molar-refractivity contribution in [2.45, 2.75) is 12.8 Å². The van der Waals surface area contributed by atoms with Gasteiger partial charge in [-0.15, -0.1) is 0 Å². The van der Waals surface area contributed by atoms with E-state index in [1.807, 2.05) is 48.5 Å². The average molecular weight is 346 g/mol. The van der Waals surface area contributed by atoms with Crippen LogP contribution >= 0.6 is 0 Å². The van der Waals surface area contributed by atoms with Crippen LogP contribution in [0.1, 0.15) is 23.2 Å². The Morgan fingerprint density at radius 3 is 2.54 bits per heavy atom. The molecule has 0 radical (unpaired) electrons. The van der Waals surface area contributed by atoms with Gasteiger partial charge in [0.1, 0.15) is 0 Å². The molecule has 1 N–H and O–H groups in total. The van der Waals surface area contributed by atoms with Crippen molar-refractivity contribution in [2.75, 3.05) is 24.5 Å². The summed E-state index contributed by atoms with van der Waals surface area (Å²) >= 11 is 0. The molecule has 26 heavy (non-hydrogen) atoms. The lowest BCUT2D eigenvalue weighted by Gasteiger charge is -2.31. The fourth-order valence-electron chi connectivity index (χ4n) is 3.55. The van der Waals surface area contributed by atoms with Gasteiger partial charge in [-0.3, -0.25) is 4.79 Å². The van der Waals surface area contributed by atoms with Crippen molar-refractivity contribution in [3.05, 3.63) is 66.5 Å². The number of fused-ring (bicyclic) bond motifs is 1. The van der Waals surface area contributed by atoms with Crippen LogP contribution in [0.15, 0.2) is 60.9 Å². The van der Waals surface area contributed by atoms with Crippen LogP contribution in [0, 0.1) is 5.92 Å². The van der Waals surface area contributed by atoms with E-state index in [9.17, 15) is 4.79 Å². The monoisotopic (exact) mass is 346 g/mol. The normalized spacial score (nSPS) is 15.2. The maximum Gasteiger partial charge on any atom is 0.251 e. The summed E-state index contributed by atoms with van der Waals surface area (Å²) in [4.78, 5) is 23.5. The van der Waals surface area contributed by atoms with E-state index < -0.39 is 0 Å². The summed E-state index contributed by atoms with van der Waals surface area (Å²) < 4.78 is 0. The zero-order valence-electron chi connectivity index (χ0n) is 14.6. The van der Waals surface area contributed by atoms with Gasteiger partial charge < -0.3 is 10.2 Å². The van der Waals surface area contributed by atoms with Gasteiger partial charge in [0.2, 0.25) is 5.95 Å². The third-order valence-corrected chi connectivity index (χ3v) is 5.04. The minimum atomic E-state index is 0.00984. The molecule has 0 spiro atoms. The van der Waals surface area contributed by atoms with E-state index in [1.54, 1.807) is 12.4 Å². The van der Waals surface area contributed by atoms with Crippen molar-refractivity contribution in [1.82, 2.24) is 15.3 Å². The topological polar surface area (TPSA) is 58.1 Å². The Morgan fingerprint density at radius 2 is 1.73 bits per heavy atom. The minimum Gasteiger partial charge on any atom is -0.352 e. The highest BCUT2D eigenvalue weighted by Crippen LogP contribution is 2.21. The minimum absolute atomic E-state index is 0.00984. The molecule has 2 heterocycles. The number of piperidine rings is 1. The lowest BCUT2D eigenvalue weighted by Crippen LogP contribution is -2.39. The Labute approximate surface area is 153 Å². The number of rotatable bonds is 4. The van der Waals surface area contributed by atoms with E-state index in [1.165, 1.54) is 0 Å². The van der Waals surface area contributed by atoms with Gasteiger partial charge >= 0.3 is 0 Å².